The summed E-state index contributed by atoms with van der Waals surface area (Å²) in [6, 6.07) is 1.38. The SMILES string of the molecule is CCCCCCn1c(C(F)(F)F)nc2c(Cl)c(Cl)c(Cl)cc21. The molecule has 0 saturated carbocycles. The Morgan fingerprint density at radius 3 is 2.36 bits per heavy atom. The number of imidazole rings is 1. The summed E-state index contributed by atoms with van der Waals surface area (Å²) >= 11 is 17.8. The number of alkyl halides is 3. The van der Waals surface area contributed by atoms with Crippen molar-refractivity contribution in [1.82, 2.24) is 9.55 Å². The van der Waals surface area contributed by atoms with Crippen LogP contribution in [-0.4, -0.2) is 9.55 Å². The van der Waals surface area contributed by atoms with Gasteiger partial charge in [-0.25, -0.2) is 4.98 Å². The summed E-state index contributed by atoms with van der Waals surface area (Å²) in [5.41, 5.74) is 0.280. The molecule has 1 aromatic heterocycles. The molecule has 0 radical (unpaired) electrons. The van der Waals surface area contributed by atoms with E-state index in [0.29, 0.717) is 6.42 Å². The molecule has 1 heterocycles. The van der Waals surface area contributed by atoms with Crippen LogP contribution in [0.4, 0.5) is 13.2 Å². The normalized spacial score (nSPS) is 12.3. The van der Waals surface area contributed by atoms with Gasteiger partial charge in [0, 0.05) is 6.54 Å². The molecule has 1 aromatic carbocycles. The first kappa shape index (κ1) is 17.7. The largest absolute Gasteiger partial charge is 0.449 e. The van der Waals surface area contributed by atoms with Crippen LogP contribution in [0.3, 0.4) is 0 Å². The van der Waals surface area contributed by atoms with E-state index in [2.05, 4.69) is 4.98 Å². The number of unbranched alkanes of at least 4 members (excludes halogenated alkanes) is 3. The average Bonchev–Trinajstić information content (AvgIpc) is 2.80. The summed E-state index contributed by atoms with van der Waals surface area (Å²) in [6.07, 6.45) is -1.11. The fraction of sp³-hybridized carbons (Fsp3) is 0.500. The summed E-state index contributed by atoms with van der Waals surface area (Å²) in [5, 5.41) is 0.0739. The van der Waals surface area contributed by atoms with Crippen LogP contribution in [-0.2, 0) is 12.7 Å². The minimum atomic E-state index is -4.56. The Balaban J connectivity index is 2.54. The summed E-state index contributed by atoms with van der Waals surface area (Å²) in [7, 11) is 0. The molecule has 0 bridgehead atoms. The lowest BCUT2D eigenvalue weighted by atomic mass is 10.2. The summed E-state index contributed by atoms with van der Waals surface area (Å²) in [4.78, 5) is 3.65. The molecule has 122 valence electrons. The van der Waals surface area contributed by atoms with Gasteiger partial charge in [-0.2, -0.15) is 13.2 Å². The van der Waals surface area contributed by atoms with Crippen LogP contribution >= 0.6 is 34.8 Å². The number of fused-ring (bicyclic) bond motifs is 1. The van der Waals surface area contributed by atoms with Crippen molar-refractivity contribution in [2.24, 2.45) is 0 Å². The lowest BCUT2D eigenvalue weighted by Gasteiger charge is -2.11. The highest BCUT2D eigenvalue weighted by atomic mass is 35.5. The average molecular weight is 374 g/mol. The van der Waals surface area contributed by atoms with Crippen LogP contribution in [0, 0.1) is 0 Å². The van der Waals surface area contributed by atoms with Crippen molar-refractivity contribution in [3.8, 4) is 0 Å². The molecule has 0 aliphatic carbocycles. The van der Waals surface area contributed by atoms with Crippen LogP contribution in [0.25, 0.3) is 11.0 Å². The van der Waals surface area contributed by atoms with Crippen molar-refractivity contribution in [2.75, 3.05) is 0 Å². The van der Waals surface area contributed by atoms with Crippen molar-refractivity contribution in [1.29, 1.82) is 0 Å². The van der Waals surface area contributed by atoms with Gasteiger partial charge in [-0.05, 0) is 12.5 Å². The molecule has 0 fully saturated rings. The van der Waals surface area contributed by atoms with E-state index in [1.165, 1.54) is 6.07 Å². The van der Waals surface area contributed by atoms with Crippen molar-refractivity contribution >= 4 is 45.8 Å². The van der Waals surface area contributed by atoms with Gasteiger partial charge in [-0.1, -0.05) is 61.0 Å². The van der Waals surface area contributed by atoms with Crippen molar-refractivity contribution in [3.05, 3.63) is 27.0 Å². The van der Waals surface area contributed by atoms with Gasteiger partial charge in [0.1, 0.15) is 5.52 Å². The number of hydrogen-bond acceptors (Lipinski definition) is 1. The van der Waals surface area contributed by atoms with E-state index in [1.54, 1.807) is 0 Å². The smallest absolute Gasteiger partial charge is 0.320 e. The number of rotatable bonds is 5. The Morgan fingerprint density at radius 2 is 1.77 bits per heavy atom. The molecule has 2 rings (SSSR count). The molecule has 0 aliphatic heterocycles. The molecule has 8 heteroatoms. The standard InChI is InChI=1S/C14H14Cl3F3N2/c1-2-3-4-5-6-22-9-7-8(15)10(16)11(17)12(9)21-13(22)14(18,19)20/h7H,2-6H2,1H3. The minimum Gasteiger partial charge on any atom is -0.320 e. The third-order valence-electron chi connectivity index (χ3n) is 3.37. The van der Waals surface area contributed by atoms with E-state index in [0.717, 1.165) is 23.8 Å². The van der Waals surface area contributed by atoms with Crippen molar-refractivity contribution in [2.45, 2.75) is 45.3 Å². The molecular formula is C14H14Cl3F3N2. The van der Waals surface area contributed by atoms with E-state index in [1.807, 2.05) is 6.92 Å². The topological polar surface area (TPSA) is 17.8 Å². The van der Waals surface area contributed by atoms with Gasteiger partial charge in [-0.3, -0.25) is 0 Å². The van der Waals surface area contributed by atoms with Gasteiger partial charge in [0.2, 0.25) is 5.82 Å². The second-order valence-electron chi connectivity index (χ2n) is 5.00. The third kappa shape index (κ3) is 3.47. The van der Waals surface area contributed by atoms with Gasteiger partial charge >= 0.3 is 6.18 Å². The molecule has 2 aromatic rings. The summed E-state index contributed by atoms with van der Waals surface area (Å²) in [5.74, 6) is -0.973. The monoisotopic (exact) mass is 372 g/mol. The first-order valence-electron chi connectivity index (χ1n) is 6.88. The number of hydrogen-bond donors (Lipinski definition) is 0. The molecule has 0 amide bonds. The molecule has 22 heavy (non-hydrogen) atoms. The lowest BCUT2D eigenvalue weighted by Crippen LogP contribution is -2.15. The van der Waals surface area contributed by atoms with Gasteiger partial charge in [0.15, 0.2) is 0 Å². The first-order chi connectivity index (χ1) is 10.3. The van der Waals surface area contributed by atoms with Gasteiger partial charge < -0.3 is 4.57 Å². The molecule has 0 aliphatic rings. The van der Waals surface area contributed by atoms with E-state index in [9.17, 15) is 13.2 Å². The molecule has 0 unspecified atom stereocenters. The van der Waals surface area contributed by atoms with Crippen LogP contribution in [0.1, 0.15) is 38.4 Å². The van der Waals surface area contributed by atoms with Gasteiger partial charge in [0.25, 0.3) is 0 Å². The fourth-order valence-corrected chi connectivity index (χ4v) is 2.94. The maximum atomic E-state index is 13.2. The predicted octanol–water partition coefficient (Wildman–Crippen LogP) is 6.60. The Bertz CT molecular complexity index is 680. The molecule has 0 N–H and O–H groups in total. The van der Waals surface area contributed by atoms with E-state index in [4.69, 9.17) is 34.8 Å². The molecular weight excluding hydrogens is 360 g/mol. The Morgan fingerprint density at radius 1 is 1.09 bits per heavy atom. The number of nitrogens with zero attached hydrogens (tertiary/aromatic N) is 2. The lowest BCUT2D eigenvalue weighted by molar-refractivity contribution is -0.146. The zero-order chi connectivity index (χ0) is 16.5. The molecule has 0 saturated heterocycles. The summed E-state index contributed by atoms with van der Waals surface area (Å²) < 4.78 is 40.7. The highest BCUT2D eigenvalue weighted by Crippen LogP contribution is 2.39. The Hall–Kier alpha value is -0.650. The first-order valence-corrected chi connectivity index (χ1v) is 8.01. The van der Waals surface area contributed by atoms with E-state index in [-0.39, 0.29) is 32.6 Å². The molecule has 2 nitrogen and oxygen atoms in total. The van der Waals surface area contributed by atoms with Gasteiger partial charge in [-0.15, -0.1) is 0 Å². The maximum Gasteiger partial charge on any atom is 0.449 e. The number of aryl methyl sites for hydroxylation is 1. The van der Waals surface area contributed by atoms with E-state index < -0.39 is 12.0 Å². The van der Waals surface area contributed by atoms with Crippen LogP contribution in [0.5, 0.6) is 0 Å². The summed E-state index contributed by atoms with van der Waals surface area (Å²) in [6.45, 7) is 2.24. The highest BCUT2D eigenvalue weighted by molar-refractivity contribution is 6.50. The van der Waals surface area contributed by atoms with Crippen LogP contribution < -0.4 is 0 Å². The zero-order valence-corrected chi connectivity index (χ0v) is 14.0. The number of aromatic nitrogens is 2. The second kappa shape index (κ2) is 6.85. The third-order valence-corrected chi connectivity index (χ3v) is 4.62. The maximum absolute atomic E-state index is 13.2. The van der Waals surface area contributed by atoms with Crippen LogP contribution in [0.2, 0.25) is 15.1 Å². The fourth-order valence-electron chi connectivity index (χ4n) is 2.30. The Kier molecular flexibility index (Phi) is 5.51. The van der Waals surface area contributed by atoms with Crippen LogP contribution in [0.15, 0.2) is 6.07 Å². The van der Waals surface area contributed by atoms with Gasteiger partial charge in [0.05, 0.1) is 20.6 Å². The molecule has 0 spiro atoms. The molecule has 0 atom stereocenters. The quantitative estimate of drug-likeness (QED) is 0.426. The second-order valence-corrected chi connectivity index (χ2v) is 6.16. The minimum absolute atomic E-state index is 0.0141. The number of halogens is 6. The zero-order valence-electron chi connectivity index (χ0n) is 11.8. The predicted molar refractivity (Wildman–Crippen MR) is 83.9 cm³/mol. The van der Waals surface area contributed by atoms with E-state index >= 15 is 0 Å². The Labute approximate surface area is 141 Å². The van der Waals surface area contributed by atoms with Crippen molar-refractivity contribution < 1.29 is 13.2 Å². The van der Waals surface area contributed by atoms with Crippen molar-refractivity contribution in [3.63, 3.8) is 0 Å². The highest BCUT2D eigenvalue weighted by Gasteiger charge is 2.38. The number of benzene rings is 1.